The van der Waals surface area contributed by atoms with E-state index in [1.54, 1.807) is 69.9 Å². The topological polar surface area (TPSA) is 63.2 Å². The van der Waals surface area contributed by atoms with Gasteiger partial charge in [0.1, 0.15) is 36.2 Å². The minimum absolute atomic E-state index is 0.148. The third-order valence-corrected chi connectivity index (χ3v) is 3.50. The highest BCUT2D eigenvalue weighted by molar-refractivity contribution is 5.87. The van der Waals surface area contributed by atoms with Crippen LogP contribution in [0.25, 0.3) is 6.08 Å². The largest absolute Gasteiger partial charge is 0.497 e. The van der Waals surface area contributed by atoms with Crippen molar-refractivity contribution < 1.29 is 28.5 Å². The summed E-state index contributed by atoms with van der Waals surface area (Å²) in [6.45, 7) is 0.409. The Hall–Kier alpha value is -3.15. The quantitative estimate of drug-likeness (QED) is 0.389. The van der Waals surface area contributed by atoms with E-state index in [0.717, 1.165) is 11.3 Å². The van der Waals surface area contributed by atoms with Crippen molar-refractivity contribution in [2.45, 2.75) is 0 Å². The van der Waals surface area contributed by atoms with Gasteiger partial charge in [-0.3, -0.25) is 0 Å². The smallest absolute Gasteiger partial charge is 0.330 e. The number of carbonyl (C=O) groups excluding carboxylic acids is 1. The van der Waals surface area contributed by atoms with E-state index in [1.165, 1.54) is 6.08 Å². The van der Waals surface area contributed by atoms with Gasteiger partial charge in [-0.1, -0.05) is 0 Å². The van der Waals surface area contributed by atoms with Gasteiger partial charge >= 0.3 is 5.97 Å². The van der Waals surface area contributed by atoms with Crippen molar-refractivity contribution in [2.75, 3.05) is 34.5 Å². The second-order valence-corrected chi connectivity index (χ2v) is 5.13. The van der Waals surface area contributed by atoms with Gasteiger partial charge in [-0.25, -0.2) is 4.79 Å². The van der Waals surface area contributed by atoms with Gasteiger partial charge < -0.3 is 23.7 Å². The van der Waals surface area contributed by atoms with Crippen molar-refractivity contribution in [3.63, 3.8) is 0 Å². The van der Waals surface area contributed by atoms with Crippen LogP contribution in [0.3, 0.4) is 0 Å². The van der Waals surface area contributed by atoms with Crippen LogP contribution < -0.4 is 18.9 Å². The van der Waals surface area contributed by atoms with Crippen molar-refractivity contribution >= 4 is 12.0 Å². The number of methoxy groups -OCH3 is 3. The van der Waals surface area contributed by atoms with E-state index in [0.29, 0.717) is 17.2 Å². The van der Waals surface area contributed by atoms with Gasteiger partial charge in [0.25, 0.3) is 0 Å². The number of hydrogen-bond acceptors (Lipinski definition) is 6. The molecule has 0 aromatic heterocycles. The van der Waals surface area contributed by atoms with E-state index in [-0.39, 0.29) is 13.2 Å². The molecule has 0 aliphatic rings. The summed E-state index contributed by atoms with van der Waals surface area (Å²) in [5.41, 5.74) is 0.750. The Balaban J connectivity index is 1.78. The molecule has 0 unspecified atom stereocenters. The molecule has 0 N–H and O–H groups in total. The Kier molecular flexibility index (Phi) is 7.36. The summed E-state index contributed by atoms with van der Waals surface area (Å²) < 4.78 is 26.1. The number of esters is 1. The zero-order chi connectivity index (χ0) is 18.8. The van der Waals surface area contributed by atoms with Crippen LogP contribution in [0.5, 0.6) is 23.0 Å². The van der Waals surface area contributed by atoms with Crippen LogP contribution in [0, 0.1) is 0 Å². The molecule has 0 aliphatic heterocycles. The van der Waals surface area contributed by atoms with E-state index in [2.05, 4.69) is 0 Å². The molecule has 2 aromatic rings. The van der Waals surface area contributed by atoms with Crippen molar-refractivity contribution in [2.24, 2.45) is 0 Å². The van der Waals surface area contributed by atoms with Crippen LogP contribution in [0.2, 0.25) is 0 Å². The molecule has 0 atom stereocenters. The molecule has 0 saturated heterocycles. The highest BCUT2D eigenvalue weighted by atomic mass is 16.6. The van der Waals surface area contributed by atoms with Crippen molar-refractivity contribution in [3.05, 3.63) is 54.1 Å². The van der Waals surface area contributed by atoms with Gasteiger partial charge in [0, 0.05) is 17.7 Å². The molecule has 2 rings (SSSR count). The normalized spacial score (nSPS) is 10.4. The van der Waals surface area contributed by atoms with Gasteiger partial charge in [-0.15, -0.1) is 0 Å². The van der Waals surface area contributed by atoms with Crippen LogP contribution in [0.1, 0.15) is 5.56 Å². The minimum Gasteiger partial charge on any atom is -0.497 e. The monoisotopic (exact) mass is 358 g/mol. The molecular weight excluding hydrogens is 336 g/mol. The molecule has 26 heavy (non-hydrogen) atoms. The summed E-state index contributed by atoms with van der Waals surface area (Å²) in [4.78, 5) is 11.8. The zero-order valence-corrected chi connectivity index (χ0v) is 15.1. The van der Waals surface area contributed by atoms with Crippen molar-refractivity contribution in [3.8, 4) is 23.0 Å². The first kappa shape index (κ1) is 19.2. The van der Waals surface area contributed by atoms with E-state index in [4.69, 9.17) is 23.7 Å². The number of carbonyl (C=O) groups is 1. The zero-order valence-electron chi connectivity index (χ0n) is 15.1. The van der Waals surface area contributed by atoms with Gasteiger partial charge in [-0.05, 0) is 42.5 Å². The first-order chi connectivity index (χ1) is 12.7. The second kappa shape index (κ2) is 9.98. The van der Waals surface area contributed by atoms with Crippen LogP contribution in [-0.4, -0.2) is 40.5 Å². The summed E-state index contributed by atoms with van der Waals surface area (Å²) in [6, 6.07) is 12.5. The minimum atomic E-state index is -0.457. The fourth-order valence-electron chi connectivity index (χ4n) is 2.14. The Labute approximate surface area is 152 Å². The SMILES string of the molecule is COc1ccc(OCCOC(=O)C=Cc2ccc(OC)cc2OC)cc1. The first-order valence-electron chi connectivity index (χ1n) is 8.00. The van der Waals surface area contributed by atoms with Gasteiger partial charge in [0.05, 0.1) is 21.3 Å². The molecule has 6 nitrogen and oxygen atoms in total. The molecule has 0 amide bonds. The van der Waals surface area contributed by atoms with Crippen LogP contribution in [0.15, 0.2) is 48.5 Å². The molecule has 0 fully saturated rings. The van der Waals surface area contributed by atoms with Crippen LogP contribution >= 0.6 is 0 Å². The average Bonchev–Trinajstić information content (AvgIpc) is 2.69. The van der Waals surface area contributed by atoms with Gasteiger partial charge in [-0.2, -0.15) is 0 Å². The standard InChI is InChI=1S/C20H22O6/c1-22-16-7-9-17(10-8-16)25-12-13-26-20(21)11-5-15-4-6-18(23-2)14-19(15)24-3/h4-11,14H,12-13H2,1-3H3. The summed E-state index contributed by atoms with van der Waals surface area (Å²) in [7, 11) is 4.74. The number of rotatable bonds is 9. The Morgan fingerprint density at radius 3 is 2.15 bits per heavy atom. The Morgan fingerprint density at radius 1 is 0.846 bits per heavy atom. The van der Waals surface area contributed by atoms with E-state index >= 15 is 0 Å². The molecule has 0 aliphatic carbocycles. The fourth-order valence-corrected chi connectivity index (χ4v) is 2.14. The molecule has 0 heterocycles. The lowest BCUT2D eigenvalue weighted by atomic mass is 10.2. The van der Waals surface area contributed by atoms with E-state index in [1.807, 2.05) is 0 Å². The maximum Gasteiger partial charge on any atom is 0.330 e. The highest BCUT2D eigenvalue weighted by Crippen LogP contribution is 2.25. The number of benzene rings is 2. The lowest BCUT2D eigenvalue weighted by Gasteiger charge is -2.08. The molecule has 0 saturated carbocycles. The molecule has 138 valence electrons. The summed E-state index contributed by atoms with van der Waals surface area (Å²) >= 11 is 0. The van der Waals surface area contributed by atoms with Gasteiger partial charge in [0.2, 0.25) is 0 Å². The maximum atomic E-state index is 11.8. The predicted octanol–water partition coefficient (Wildman–Crippen LogP) is 3.35. The van der Waals surface area contributed by atoms with Crippen molar-refractivity contribution in [1.82, 2.24) is 0 Å². The molecule has 2 aromatic carbocycles. The number of ether oxygens (including phenoxy) is 5. The first-order valence-corrected chi connectivity index (χ1v) is 8.00. The summed E-state index contributed by atoms with van der Waals surface area (Å²) in [5.74, 6) is 2.26. The average molecular weight is 358 g/mol. The molecular formula is C20H22O6. The predicted molar refractivity (Wildman–Crippen MR) is 98.0 cm³/mol. The molecule has 0 bridgehead atoms. The third kappa shape index (κ3) is 5.73. The molecule has 6 heteroatoms. The summed E-state index contributed by atoms with van der Waals surface area (Å²) in [5, 5.41) is 0. The number of hydrogen-bond donors (Lipinski definition) is 0. The Bertz CT molecular complexity index is 736. The van der Waals surface area contributed by atoms with Crippen molar-refractivity contribution in [1.29, 1.82) is 0 Å². The van der Waals surface area contributed by atoms with Gasteiger partial charge in [0.15, 0.2) is 0 Å². The van der Waals surface area contributed by atoms with Crippen LogP contribution in [0.4, 0.5) is 0 Å². The molecule has 0 radical (unpaired) electrons. The third-order valence-electron chi connectivity index (χ3n) is 3.50. The Morgan fingerprint density at radius 2 is 1.50 bits per heavy atom. The second-order valence-electron chi connectivity index (χ2n) is 5.13. The van der Waals surface area contributed by atoms with E-state index < -0.39 is 5.97 Å². The lowest BCUT2D eigenvalue weighted by Crippen LogP contribution is -2.10. The van der Waals surface area contributed by atoms with Crippen LogP contribution in [-0.2, 0) is 9.53 Å². The summed E-state index contributed by atoms with van der Waals surface area (Å²) in [6.07, 6.45) is 2.97. The lowest BCUT2D eigenvalue weighted by molar-refractivity contribution is -0.138. The highest BCUT2D eigenvalue weighted by Gasteiger charge is 2.04. The maximum absolute atomic E-state index is 11.8. The fraction of sp³-hybridized carbons (Fsp3) is 0.250. The molecule has 0 spiro atoms. The van der Waals surface area contributed by atoms with E-state index in [9.17, 15) is 4.79 Å².